The predicted octanol–water partition coefficient (Wildman–Crippen LogP) is 3.34. The van der Waals surface area contributed by atoms with Crippen molar-refractivity contribution in [3.05, 3.63) is 60.2 Å². The Morgan fingerprint density at radius 2 is 1.71 bits per heavy atom. The monoisotopic (exact) mass is 380 g/mol. The van der Waals surface area contributed by atoms with Crippen LogP contribution in [0.4, 0.5) is 5.69 Å². The molecule has 146 valence electrons. The summed E-state index contributed by atoms with van der Waals surface area (Å²) in [5.41, 5.74) is 1.73. The van der Waals surface area contributed by atoms with E-state index in [4.69, 9.17) is 9.57 Å². The number of unbranched alkanes of at least 4 members (excludes halogenated alkanes) is 1. The zero-order valence-electron chi connectivity index (χ0n) is 16.1. The summed E-state index contributed by atoms with van der Waals surface area (Å²) in [6.07, 6.45) is 0.939. The molecular formula is C22H24N2O4. The number of likely N-dealkylation sites (tertiary alicyclic amines) is 1. The van der Waals surface area contributed by atoms with Gasteiger partial charge in [-0.15, -0.1) is 0 Å². The first-order chi connectivity index (χ1) is 13.7. The van der Waals surface area contributed by atoms with Crippen molar-refractivity contribution in [2.75, 3.05) is 18.7 Å². The van der Waals surface area contributed by atoms with Crippen LogP contribution in [0.1, 0.15) is 31.4 Å². The molecule has 2 heterocycles. The molecule has 0 unspecified atom stereocenters. The van der Waals surface area contributed by atoms with Gasteiger partial charge in [-0.2, -0.15) is 0 Å². The highest BCUT2D eigenvalue weighted by atomic mass is 16.7. The van der Waals surface area contributed by atoms with Gasteiger partial charge in [0.05, 0.1) is 18.8 Å². The van der Waals surface area contributed by atoms with E-state index in [1.807, 2.05) is 61.5 Å². The van der Waals surface area contributed by atoms with E-state index < -0.39 is 12.0 Å². The summed E-state index contributed by atoms with van der Waals surface area (Å²) in [6, 6.07) is 16.8. The van der Waals surface area contributed by atoms with E-state index in [9.17, 15) is 9.59 Å². The van der Waals surface area contributed by atoms with Gasteiger partial charge in [-0.1, -0.05) is 43.7 Å². The molecule has 2 fully saturated rings. The van der Waals surface area contributed by atoms with Gasteiger partial charge in [-0.3, -0.25) is 19.3 Å². The van der Waals surface area contributed by atoms with Crippen LogP contribution >= 0.6 is 0 Å². The fraction of sp³-hybridized carbons (Fsp3) is 0.364. The summed E-state index contributed by atoms with van der Waals surface area (Å²) < 4.78 is 5.26. The lowest BCUT2D eigenvalue weighted by molar-refractivity contribution is -0.143. The van der Waals surface area contributed by atoms with Crippen molar-refractivity contribution in [3.63, 3.8) is 0 Å². The third-order valence-electron chi connectivity index (χ3n) is 5.41. The van der Waals surface area contributed by atoms with Crippen LogP contribution in [0.2, 0.25) is 0 Å². The van der Waals surface area contributed by atoms with Gasteiger partial charge >= 0.3 is 0 Å². The van der Waals surface area contributed by atoms with E-state index in [0.29, 0.717) is 6.54 Å². The highest BCUT2D eigenvalue weighted by molar-refractivity contribution is 6.07. The van der Waals surface area contributed by atoms with E-state index in [2.05, 4.69) is 0 Å². The molecule has 6 nitrogen and oxygen atoms in total. The van der Waals surface area contributed by atoms with Gasteiger partial charge in [0.2, 0.25) is 5.91 Å². The van der Waals surface area contributed by atoms with Crippen LogP contribution in [-0.2, 0) is 14.4 Å². The molecule has 6 heteroatoms. The Labute approximate surface area is 164 Å². The third-order valence-corrected chi connectivity index (χ3v) is 5.41. The number of methoxy groups -OCH3 is 1. The molecule has 0 radical (unpaired) electrons. The SMILES string of the molecule is CCCCN1C(=O)[C@H]2[C@H](ON(c3ccccc3)[C@@H]2c2ccc(OC)cc2)C1=O. The van der Waals surface area contributed by atoms with E-state index in [1.165, 1.54) is 4.90 Å². The second-order valence-electron chi connectivity index (χ2n) is 7.11. The number of rotatable bonds is 6. The number of carbonyl (C=O) groups is 2. The molecule has 0 bridgehead atoms. The molecule has 0 saturated carbocycles. The summed E-state index contributed by atoms with van der Waals surface area (Å²) >= 11 is 0. The quantitative estimate of drug-likeness (QED) is 0.720. The molecule has 0 aliphatic carbocycles. The number of ether oxygens (including phenoxy) is 1. The number of hydrogen-bond acceptors (Lipinski definition) is 5. The van der Waals surface area contributed by atoms with Gasteiger partial charge in [-0.25, -0.2) is 5.06 Å². The molecule has 2 aliphatic heterocycles. The highest BCUT2D eigenvalue weighted by Gasteiger charge is 2.59. The standard InChI is InChI=1S/C22H24N2O4/c1-3-4-14-23-21(25)18-19(15-10-12-17(27-2)13-11-15)24(28-20(18)22(23)26)16-8-6-5-7-9-16/h5-13,18-20H,3-4,14H2,1-2H3/t18-,19-,20+/m1/s1. The summed E-state index contributed by atoms with van der Waals surface area (Å²) in [5.74, 6) is -0.204. The van der Waals surface area contributed by atoms with E-state index in [-0.39, 0.29) is 17.9 Å². The van der Waals surface area contributed by atoms with Crippen molar-refractivity contribution in [2.45, 2.75) is 31.9 Å². The largest absolute Gasteiger partial charge is 0.497 e. The number of nitrogens with zero attached hydrogens (tertiary/aromatic N) is 2. The molecule has 2 amide bonds. The number of hydrogen-bond donors (Lipinski definition) is 0. The van der Waals surface area contributed by atoms with Gasteiger partial charge in [0.1, 0.15) is 11.7 Å². The first kappa shape index (κ1) is 18.5. The molecule has 0 aromatic heterocycles. The van der Waals surface area contributed by atoms with Crippen molar-refractivity contribution in [1.82, 2.24) is 4.90 Å². The Morgan fingerprint density at radius 1 is 1.00 bits per heavy atom. The minimum absolute atomic E-state index is 0.150. The molecule has 28 heavy (non-hydrogen) atoms. The second kappa shape index (κ2) is 7.64. The molecule has 2 aromatic carbocycles. The Kier molecular flexibility index (Phi) is 5.05. The third kappa shape index (κ3) is 3.03. The maximum absolute atomic E-state index is 13.2. The average molecular weight is 380 g/mol. The number of imide groups is 1. The number of benzene rings is 2. The van der Waals surface area contributed by atoms with E-state index in [1.54, 1.807) is 12.2 Å². The Balaban J connectivity index is 1.72. The molecule has 2 aromatic rings. The molecular weight excluding hydrogens is 356 g/mol. The maximum atomic E-state index is 13.2. The molecule has 0 N–H and O–H groups in total. The van der Waals surface area contributed by atoms with Gasteiger partial charge in [0.15, 0.2) is 6.10 Å². The lowest BCUT2D eigenvalue weighted by Crippen LogP contribution is -2.37. The number of para-hydroxylation sites is 1. The van der Waals surface area contributed by atoms with Crippen LogP contribution in [-0.4, -0.2) is 36.5 Å². The Bertz CT molecular complexity index is 853. The number of anilines is 1. The number of hydroxylamine groups is 1. The number of carbonyl (C=O) groups excluding carboxylic acids is 2. The zero-order valence-corrected chi connectivity index (χ0v) is 16.1. The molecule has 2 saturated heterocycles. The van der Waals surface area contributed by atoms with Crippen LogP contribution in [0, 0.1) is 5.92 Å². The van der Waals surface area contributed by atoms with Crippen molar-refractivity contribution < 1.29 is 19.2 Å². The number of amides is 2. The molecule has 2 aliphatic rings. The van der Waals surface area contributed by atoms with Crippen LogP contribution in [0.25, 0.3) is 0 Å². The summed E-state index contributed by atoms with van der Waals surface area (Å²) in [6.45, 7) is 2.49. The Morgan fingerprint density at radius 3 is 2.36 bits per heavy atom. The lowest BCUT2D eigenvalue weighted by atomic mass is 9.90. The zero-order chi connectivity index (χ0) is 19.7. The van der Waals surface area contributed by atoms with Crippen LogP contribution in [0.3, 0.4) is 0 Å². The van der Waals surface area contributed by atoms with Crippen LogP contribution in [0.5, 0.6) is 5.75 Å². The highest BCUT2D eigenvalue weighted by Crippen LogP contribution is 2.46. The van der Waals surface area contributed by atoms with Crippen LogP contribution < -0.4 is 9.80 Å². The van der Waals surface area contributed by atoms with Crippen LogP contribution in [0.15, 0.2) is 54.6 Å². The topological polar surface area (TPSA) is 59.1 Å². The summed E-state index contributed by atoms with van der Waals surface area (Å²) in [5, 5.41) is 1.71. The minimum atomic E-state index is -0.781. The average Bonchev–Trinajstić information content (AvgIpc) is 3.24. The fourth-order valence-corrected chi connectivity index (χ4v) is 3.95. The molecule has 3 atom stereocenters. The lowest BCUT2D eigenvalue weighted by Gasteiger charge is -2.28. The van der Waals surface area contributed by atoms with E-state index in [0.717, 1.165) is 29.8 Å². The van der Waals surface area contributed by atoms with Crippen molar-refractivity contribution in [1.29, 1.82) is 0 Å². The summed E-state index contributed by atoms with van der Waals surface area (Å²) in [7, 11) is 1.62. The van der Waals surface area contributed by atoms with Crippen molar-refractivity contribution in [3.8, 4) is 5.75 Å². The smallest absolute Gasteiger partial charge is 0.261 e. The van der Waals surface area contributed by atoms with E-state index >= 15 is 0 Å². The second-order valence-corrected chi connectivity index (χ2v) is 7.11. The molecule has 4 rings (SSSR count). The summed E-state index contributed by atoms with van der Waals surface area (Å²) in [4.78, 5) is 33.5. The normalized spacial score (nSPS) is 24.0. The van der Waals surface area contributed by atoms with Gasteiger partial charge in [-0.05, 0) is 36.2 Å². The van der Waals surface area contributed by atoms with Crippen molar-refractivity contribution >= 4 is 17.5 Å². The van der Waals surface area contributed by atoms with Crippen molar-refractivity contribution in [2.24, 2.45) is 5.92 Å². The Hall–Kier alpha value is -2.86. The van der Waals surface area contributed by atoms with Gasteiger partial charge in [0.25, 0.3) is 5.91 Å². The number of fused-ring (bicyclic) bond motifs is 1. The minimum Gasteiger partial charge on any atom is -0.497 e. The van der Waals surface area contributed by atoms with Gasteiger partial charge < -0.3 is 4.74 Å². The fourth-order valence-electron chi connectivity index (χ4n) is 3.95. The maximum Gasteiger partial charge on any atom is 0.261 e. The first-order valence-corrected chi connectivity index (χ1v) is 9.66. The molecule has 0 spiro atoms. The van der Waals surface area contributed by atoms with Gasteiger partial charge in [0, 0.05) is 6.54 Å². The first-order valence-electron chi connectivity index (χ1n) is 9.66. The predicted molar refractivity (Wildman–Crippen MR) is 105 cm³/mol.